The molecule has 0 bridgehead atoms. The number of hydrogen-bond acceptors (Lipinski definition) is 6. The summed E-state index contributed by atoms with van der Waals surface area (Å²) in [4.78, 5) is 28.0. The fraction of sp³-hybridized carbons (Fsp3) is 0.241. The van der Waals surface area contributed by atoms with Gasteiger partial charge >= 0.3 is 0 Å². The zero-order valence-electron chi connectivity index (χ0n) is 20.7. The second-order valence-electron chi connectivity index (χ2n) is 8.56. The average Bonchev–Trinajstić information content (AvgIpc) is 3.14. The topological polar surface area (TPSA) is 85.3 Å². The highest BCUT2D eigenvalue weighted by Gasteiger charge is 2.47. The van der Waals surface area contributed by atoms with E-state index in [1.807, 2.05) is 20.8 Å². The first kappa shape index (κ1) is 24.9. The molecule has 0 radical (unpaired) electrons. The van der Waals surface area contributed by atoms with Gasteiger partial charge < -0.3 is 19.3 Å². The van der Waals surface area contributed by atoms with Crippen LogP contribution in [-0.2, 0) is 9.59 Å². The number of carbonyl (C=O) groups excluding carboxylic acids is 2. The molecule has 7 nitrogen and oxygen atoms in total. The molecule has 1 saturated heterocycles. The number of amides is 1. The molecule has 1 amide bonds. The van der Waals surface area contributed by atoms with E-state index in [1.165, 1.54) is 4.90 Å². The summed E-state index contributed by atoms with van der Waals surface area (Å²) in [5, 5.41) is 11.3. The normalized spacial score (nSPS) is 16.9. The van der Waals surface area contributed by atoms with Crippen LogP contribution < -0.4 is 19.1 Å². The lowest BCUT2D eigenvalue weighted by Gasteiger charge is -2.26. The number of Topliss-reactive ketones (excluding diaryl/α,β-unsaturated/α-hetero) is 1. The minimum absolute atomic E-state index is 0.000412. The Labute approximate surface area is 210 Å². The molecule has 1 fully saturated rings. The van der Waals surface area contributed by atoms with Crippen LogP contribution in [0.2, 0.25) is 0 Å². The fourth-order valence-electron chi connectivity index (χ4n) is 4.19. The van der Waals surface area contributed by atoms with E-state index in [9.17, 15) is 14.7 Å². The number of ether oxygens (including phenoxy) is 3. The van der Waals surface area contributed by atoms with Crippen LogP contribution >= 0.6 is 0 Å². The van der Waals surface area contributed by atoms with Crippen molar-refractivity contribution in [2.24, 2.45) is 0 Å². The van der Waals surface area contributed by atoms with Crippen LogP contribution in [0.5, 0.6) is 17.2 Å². The van der Waals surface area contributed by atoms with Crippen LogP contribution in [0.3, 0.4) is 0 Å². The Morgan fingerprint density at radius 3 is 2.03 bits per heavy atom. The molecule has 1 unspecified atom stereocenters. The Balaban J connectivity index is 1.84. The average molecular weight is 488 g/mol. The fourth-order valence-corrected chi connectivity index (χ4v) is 4.19. The van der Waals surface area contributed by atoms with Crippen LogP contribution in [0.15, 0.2) is 78.4 Å². The molecule has 1 aliphatic rings. The number of aliphatic hydroxyl groups excluding tert-OH is 1. The van der Waals surface area contributed by atoms with Gasteiger partial charge in [-0.2, -0.15) is 0 Å². The van der Waals surface area contributed by atoms with E-state index in [2.05, 4.69) is 0 Å². The molecule has 36 heavy (non-hydrogen) atoms. The summed E-state index contributed by atoms with van der Waals surface area (Å²) in [5.74, 6) is 0.202. The number of carbonyl (C=O) groups is 2. The van der Waals surface area contributed by atoms with Gasteiger partial charge in [-0.1, -0.05) is 12.1 Å². The monoisotopic (exact) mass is 487 g/mol. The van der Waals surface area contributed by atoms with Gasteiger partial charge in [-0.25, -0.2) is 0 Å². The highest BCUT2D eigenvalue weighted by Crippen LogP contribution is 2.43. The molecule has 7 heteroatoms. The number of benzene rings is 3. The van der Waals surface area contributed by atoms with Crippen LogP contribution in [0, 0.1) is 0 Å². The minimum Gasteiger partial charge on any atom is -0.507 e. The van der Waals surface area contributed by atoms with Crippen LogP contribution in [-0.4, -0.2) is 36.6 Å². The van der Waals surface area contributed by atoms with Gasteiger partial charge in [0.2, 0.25) is 0 Å². The summed E-state index contributed by atoms with van der Waals surface area (Å²) < 4.78 is 16.5. The van der Waals surface area contributed by atoms with E-state index < -0.39 is 17.7 Å². The Kier molecular flexibility index (Phi) is 7.29. The lowest BCUT2D eigenvalue weighted by Crippen LogP contribution is -2.29. The van der Waals surface area contributed by atoms with Gasteiger partial charge in [0.1, 0.15) is 23.0 Å². The largest absolute Gasteiger partial charge is 0.507 e. The van der Waals surface area contributed by atoms with Crippen molar-refractivity contribution in [1.82, 2.24) is 0 Å². The SMILES string of the molecule is CCOc1ccc(/C(O)=C2\C(=O)C(=O)N(c3ccc(OC)cc3)C2c2ccc(OC(C)C)cc2)cc1. The lowest BCUT2D eigenvalue weighted by molar-refractivity contribution is -0.132. The first-order chi connectivity index (χ1) is 17.3. The Bertz CT molecular complexity index is 1260. The molecule has 3 aromatic rings. The summed E-state index contributed by atoms with van der Waals surface area (Å²) >= 11 is 0. The summed E-state index contributed by atoms with van der Waals surface area (Å²) in [5.41, 5.74) is 1.60. The maximum Gasteiger partial charge on any atom is 0.300 e. The molecule has 1 N–H and O–H groups in total. The summed E-state index contributed by atoms with van der Waals surface area (Å²) in [7, 11) is 1.55. The minimum atomic E-state index is -0.835. The van der Waals surface area contributed by atoms with Crippen molar-refractivity contribution in [2.45, 2.75) is 32.9 Å². The maximum absolute atomic E-state index is 13.3. The summed E-state index contributed by atoms with van der Waals surface area (Å²) in [6.07, 6.45) is 0.000412. The van der Waals surface area contributed by atoms with Crippen molar-refractivity contribution < 1.29 is 28.9 Å². The highest BCUT2D eigenvalue weighted by atomic mass is 16.5. The van der Waals surface area contributed by atoms with Gasteiger partial charge in [0, 0.05) is 11.3 Å². The zero-order valence-corrected chi connectivity index (χ0v) is 20.7. The van der Waals surface area contributed by atoms with Crippen molar-refractivity contribution >= 4 is 23.1 Å². The van der Waals surface area contributed by atoms with Gasteiger partial charge in [0.05, 0.1) is 31.4 Å². The van der Waals surface area contributed by atoms with E-state index in [4.69, 9.17) is 14.2 Å². The maximum atomic E-state index is 13.3. The molecule has 186 valence electrons. The van der Waals surface area contributed by atoms with E-state index in [-0.39, 0.29) is 17.4 Å². The van der Waals surface area contributed by atoms with E-state index in [0.717, 1.165) is 0 Å². The molecule has 0 aromatic heterocycles. The van der Waals surface area contributed by atoms with Crippen LogP contribution in [0.4, 0.5) is 5.69 Å². The molecule has 1 aliphatic heterocycles. The second-order valence-corrected chi connectivity index (χ2v) is 8.56. The number of hydrogen-bond donors (Lipinski definition) is 1. The molecule has 1 heterocycles. The number of aliphatic hydroxyl groups is 1. The van der Waals surface area contributed by atoms with Crippen LogP contribution in [0.1, 0.15) is 37.9 Å². The Morgan fingerprint density at radius 1 is 0.889 bits per heavy atom. The van der Waals surface area contributed by atoms with Crippen molar-refractivity contribution in [3.63, 3.8) is 0 Å². The number of ketones is 1. The third-order valence-electron chi connectivity index (χ3n) is 5.80. The number of nitrogens with zero attached hydrogens (tertiary/aromatic N) is 1. The van der Waals surface area contributed by atoms with E-state index in [0.29, 0.717) is 40.7 Å². The summed E-state index contributed by atoms with van der Waals surface area (Å²) in [6.45, 7) is 6.26. The number of anilines is 1. The van der Waals surface area contributed by atoms with Gasteiger partial charge in [-0.05, 0) is 87.0 Å². The molecule has 0 saturated carbocycles. The second kappa shape index (κ2) is 10.6. The lowest BCUT2D eigenvalue weighted by atomic mass is 9.95. The molecule has 3 aromatic carbocycles. The van der Waals surface area contributed by atoms with E-state index in [1.54, 1.807) is 79.9 Å². The standard InChI is InChI=1S/C29H29NO6/c1-5-35-23-12-8-20(9-13-23)27(31)25-26(19-6-14-24(15-7-19)36-18(2)3)30(29(33)28(25)32)21-10-16-22(34-4)17-11-21/h6-18,26,31H,5H2,1-4H3/b27-25+. The molecular formula is C29H29NO6. The Hall–Kier alpha value is -4.26. The van der Waals surface area contributed by atoms with Crippen molar-refractivity contribution in [3.8, 4) is 17.2 Å². The first-order valence-electron chi connectivity index (χ1n) is 11.8. The molecular weight excluding hydrogens is 458 g/mol. The number of rotatable bonds is 8. The molecule has 1 atom stereocenters. The van der Waals surface area contributed by atoms with Crippen molar-refractivity contribution in [1.29, 1.82) is 0 Å². The quantitative estimate of drug-likeness (QED) is 0.256. The Morgan fingerprint density at radius 2 is 1.47 bits per heavy atom. The molecule has 0 spiro atoms. The zero-order chi connectivity index (χ0) is 25.8. The third-order valence-corrected chi connectivity index (χ3v) is 5.80. The highest BCUT2D eigenvalue weighted by molar-refractivity contribution is 6.51. The molecule has 4 rings (SSSR count). The predicted octanol–water partition coefficient (Wildman–Crippen LogP) is 5.51. The third kappa shape index (κ3) is 4.91. The first-order valence-corrected chi connectivity index (χ1v) is 11.8. The van der Waals surface area contributed by atoms with Crippen molar-refractivity contribution in [3.05, 3.63) is 89.5 Å². The molecule has 0 aliphatic carbocycles. The van der Waals surface area contributed by atoms with Crippen molar-refractivity contribution in [2.75, 3.05) is 18.6 Å². The van der Waals surface area contributed by atoms with Crippen LogP contribution in [0.25, 0.3) is 5.76 Å². The van der Waals surface area contributed by atoms with Gasteiger partial charge in [-0.15, -0.1) is 0 Å². The predicted molar refractivity (Wildman–Crippen MR) is 138 cm³/mol. The van der Waals surface area contributed by atoms with E-state index >= 15 is 0 Å². The van der Waals surface area contributed by atoms with Gasteiger partial charge in [0.25, 0.3) is 11.7 Å². The summed E-state index contributed by atoms with van der Waals surface area (Å²) in [6, 6.07) is 20.0. The van der Waals surface area contributed by atoms with Gasteiger partial charge in [-0.3, -0.25) is 14.5 Å². The van der Waals surface area contributed by atoms with Gasteiger partial charge in [0.15, 0.2) is 0 Å². The number of methoxy groups -OCH3 is 1. The smallest absolute Gasteiger partial charge is 0.300 e.